The van der Waals surface area contributed by atoms with Gasteiger partial charge in [0.2, 0.25) is 0 Å². The molecule has 0 unspecified atom stereocenters. The number of carbonyl (C=O) groups excluding carboxylic acids is 1. The first-order valence-electron chi connectivity index (χ1n) is 10.2. The molecule has 0 bridgehead atoms. The van der Waals surface area contributed by atoms with Crippen LogP contribution in [0.3, 0.4) is 0 Å². The molecule has 0 spiro atoms. The van der Waals surface area contributed by atoms with Crippen LogP contribution in [0.15, 0.2) is 96.3 Å². The molecule has 8 heteroatoms. The number of nitrogens with zero attached hydrogens (tertiary/aromatic N) is 4. The van der Waals surface area contributed by atoms with Crippen LogP contribution in [-0.4, -0.2) is 25.2 Å². The first-order chi connectivity index (χ1) is 16.1. The lowest BCUT2D eigenvalue weighted by molar-refractivity contribution is 0.102. The van der Waals surface area contributed by atoms with Crippen molar-refractivity contribution in [2.75, 3.05) is 5.32 Å². The smallest absolute Gasteiger partial charge is 0.282 e. The summed E-state index contributed by atoms with van der Waals surface area (Å²) in [5.41, 5.74) is 2.45. The summed E-state index contributed by atoms with van der Waals surface area (Å²) in [4.78, 5) is 30.4. The molecule has 0 fully saturated rings. The molecule has 2 aliphatic heterocycles. The normalized spacial score (nSPS) is 10.9. The molecule has 7 nitrogen and oxygen atoms in total. The maximum absolute atomic E-state index is 13.3. The molecule has 0 saturated heterocycles. The first kappa shape index (κ1) is 20.3. The van der Waals surface area contributed by atoms with E-state index in [1.165, 1.54) is 23.0 Å². The van der Waals surface area contributed by atoms with Crippen molar-refractivity contribution in [3.63, 3.8) is 0 Å². The van der Waals surface area contributed by atoms with E-state index in [4.69, 9.17) is 0 Å². The molecule has 1 aromatic heterocycles. The third-order valence-electron chi connectivity index (χ3n) is 5.17. The summed E-state index contributed by atoms with van der Waals surface area (Å²) in [6.07, 6.45) is 6.44. The van der Waals surface area contributed by atoms with Crippen molar-refractivity contribution in [1.82, 2.24) is 19.3 Å². The molecule has 3 aromatic rings. The summed E-state index contributed by atoms with van der Waals surface area (Å²) in [5, 5.41) is 7.27. The van der Waals surface area contributed by atoms with Crippen LogP contribution in [0.1, 0.15) is 15.9 Å². The fraction of sp³-hybridized carbons (Fsp3) is 0.0400. The fourth-order valence-corrected chi connectivity index (χ4v) is 3.60. The first-order valence-corrected chi connectivity index (χ1v) is 10.2. The quantitative estimate of drug-likeness (QED) is 0.449. The van der Waals surface area contributed by atoms with Gasteiger partial charge in [-0.3, -0.25) is 14.6 Å². The van der Waals surface area contributed by atoms with Crippen molar-refractivity contribution in [3.8, 4) is 16.9 Å². The minimum Gasteiger partial charge on any atom is -0.348 e. The van der Waals surface area contributed by atoms with Crippen molar-refractivity contribution in [1.29, 1.82) is 0 Å². The zero-order valence-electron chi connectivity index (χ0n) is 17.4. The highest BCUT2D eigenvalue weighted by Crippen LogP contribution is 2.24. The van der Waals surface area contributed by atoms with E-state index < -0.39 is 5.91 Å². The second-order valence-corrected chi connectivity index (χ2v) is 7.48. The van der Waals surface area contributed by atoms with Gasteiger partial charge < -0.3 is 9.88 Å². The third-order valence-corrected chi connectivity index (χ3v) is 5.17. The predicted octanol–water partition coefficient (Wildman–Crippen LogP) is 3.97. The molecule has 162 valence electrons. The number of aromatic nitrogens is 4. The van der Waals surface area contributed by atoms with Crippen LogP contribution in [0.5, 0.6) is 0 Å². The number of amides is 1. The number of hydrogen-bond donors (Lipinski definition) is 1. The summed E-state index contributed by atoms with van der Waals surface area (Å²) in [6.45, 7) is 0.347. The highest BCUT2D eigenvalue weighted by molar-refractivity contribution is 6.08. The summed E-state index contributed by atoms with van der Waals surface area (Å²) in [6, 6.07) is 18.5. The lowest BCUT2D eigenvalue weighted by Crippen LogP contribution is -2.18. The van der Waals surface area contributed by atoms with Crippen LogP contribution < -0.4 is 10.9 Å². The standard InChI is InChI=1S/C25H18FN5O2/c26-18-10-8-17(9-11-18)14-30-15-21(24(32)28-19-5-4-12-27-13-19)23-22(16-30)25(33)31(29-23)20-6-2-1-3-7-20/h1-13,15-16H,14H2,(H,28,32). The number of benzene rings is 2. The Kier molecular flexibility index (Phi) is 5.24. The van der Waals surface area contributed by atoms with E-state index in [0.29, 0.717) is 29.2 Å². The Morgan fingerprint density at radius 2 is 1.76 bits per heavy atom. The largest absolute Gasteiger partial charge is 0.348 e. The third kappa shape index (κ3) is 4.14. The van der Waals surface area contributed by atoms with Gasteiger partial charge in [-0.2, -0.15) is 9.78 Å². The second-order valence-electron chi connectivity index (χ2n) is 7.48. The predicted molar refractivity (Wildman–Crippen MR) is 122 cm³/mol. The number of nitrogens with one attached hydrogen (secondary N) is 1. The zero-order chi connectivity index (χ0) is 22.8. The summed E-state index contributed by atoms with van der Waals surface area (Å²) in [7, 11) is 0. The number of anilines is 1. The lowest BCUT2D eigenvalue weighted by Gasteiger charge is -2.13. The number of pyridine rings is 2. The van der Waals surface area contributed by atoms with Crippen LogP contribution in [0.2, 0.25) is 0 Å². The van der Waals surface area contributed by atoms with Crippen LogP contribution in [0.4, 0.5) is 10.1 Å². The van der Waals surface area contributed by atoms with Gasteiger partial charge in [-0.1, -0.05) is 30.3 Å². The number of halogens is 1. The van der Waals surface area contributed by atoms with E-state index in [0.717, 1.165) is 5.56 Å². The molecule has 1 N–H and O–H groups in total. The zero-order valence-corrected chi connectivity index (χ0v) is 17.4. The minimum absolute atomic E-state index is 0.241. The Morgan fingerprint density at radius 3 is 2.48 bits per heavy atom. The molecule has 0 radical (unpaired) electrons. The van der Waals surface area contributed by atoms with Crippen LogP contribution in [0, 0.1) is 5.82 Å². The second kappa shape index (κ2) is 8.51. The summed E-state index contributed by atoms with van der Waals surface area (Å²) >= 11 is 0. The van der Waals surface area contributed by atoms with Gasteiger partial charge in [-0.15, -0.1) is 0 Å². The Balaban J connectivity index is 1.63. The van der Waals surface area contributed by atoms with Gasteiger partial charge in [-0.25, -0.2) is 4.39 Å². The Bertz CT molecular complexity index is 1440. The van der Waals surface area contributed by atoms with E-state index in [-0.39, 0.29) is 16.9 Å². The summed E-state index contributed by atoms with van der Waals surface area (Å²) in [5.74, 6) is -0.749. The number of para-hydroxylation sites is 1. The number of rotatable bonds is 5. The molecule has 0 saturated carbocycles. The van der Waals surface area contributed by atoms with Gasteiger partial charge in [0, 0.05) is 25.1 Å². The number of hydrogen-bond acceptors (Lipinski definition) is 4. The highest BCUT2D eigenvalue weighted by atomic mass is 19.1. The van der Waals surface area contributed by atoms with Crippen molar-refractivity contribution < 1.29 is 9.18 Å². The molecule has 5 rings (SSSR count). The average molecular weight is 439 g/mol. The molecule has 1 amide bonds. The Morgan fingerprint density at radius 1 is 0.970 bits per heavy atom. The fourth-order valence-electron chi connectivity index (χ4n) is 3.60. The van der Waals surface area contributed by atoms with Gasteiger partial charge in [0.05, 0.1) is 28.7 Å². The van der Waals surface area contributed by atoms with Gasteiger partial charge >= 0.3 is 0 Å². The van der Waals surface area contributed by atoms with Crippen LogP contribution in [-0.2, 0) is 6.54 Å². The Hall–Kier alpha value is -4.59. The molecular formula is C25H18FN5O2. The van der Waals surface area contributed by atoms with Gasteiger partial charge in [0.15, 0.2) is 0 Å². The van der Waals surface area contributed by atoms with Crippen LogP contribution >= 0.6 is 0 Å². The molecule has 0 atom stereocenters. The van der Waals surface area contributed by atoms with E-state index in [1.54, 1.807) is 59.6 Å². The molecule has 2 aromatic carbocycles. The van der Waals surface area contributed by atoms with E-state index >= 15 is 0 Å². The van der Waals surface area contributed by atoms with E-state index in [1.807, 2.05) is 18.2 Å². The highest BCUT2D eigenvalue weighted by Gasteiger charge is 2.24. The topological polar surface area (TPSA) is 81.8 Å². The van der Waals surface area contributed by atoms with Crippen molar-refractivity contribution >= 4 is 11.6 Å². The average Bonchev–Trinajstić information content (AvgIpc) is 3.17. The maximum Gasteiger partial charge on any atom is 0.282 e. The molecule has 2 aliphatic rings. The molecule has 33 heavy (non-hydrogen) atoms. The molecular weight excluding hydrogens is 421 g/mol. The van der Waals surface area contributed by atoms with Gasteiger partial charge in [0.25, 0.3) is 11.5 Å². The monoisotopic (exact) mass is 439 g/mol. The van der Waals surface area contributed by atoms with Gasteiger partial charge in [-0.05, 0) is 42.0 Å². The Labute approximate surface area is 188 Å². The van der Waals surface area contributed by atoms with E-state index in [2.05, 4.69) is 15.4 Å². The maximum atomic E-state index is 13.3. The van der Waals surface area contributed by atoms with Crippen LogP contribution in [0.25, 0.3) is 16.9 Å². The van der Waals surface area contributed by atoms with Gasteiger partial charge in [0.1, 0.15) is 11.5 Å². The molecule has 0 aliphatic carbocycles. The van der Waals surface area contributed by atoms with Crippen molar-refractivity contribution in [3.05, 3.63) is 119 Å². The minimum atomic E-state index is -0.417. The van der Waals surface area contributed by atoms with E-state index in [9.17, 15) is 14.0 Å². The van der Waals surface area contributed by atoms with Crippen molar-refractivity contribution in [2.45, 2.75) is 6.54 Å². The molecule has 3 heterocycles. The number of carbonyl (C=O) groups is 1. The lowest BCUT2D eigenvalue weighted by atomic mass is 10.1. The van der Waals surface area contributed by atoms with Crippen molar-refractivity contribution in [2.24, 2.45) is 0 Å². The SMILES string of the molecule is O=C(Nc1cccnc1)c1cn(Cc2ccc(F)cc2)cc2c(=O)n(-c3ccccc3)nc1-2. The number of fused-ring (bicyclic) bond motifs is 1. The summed E-state index contributed by atoms with van der Waals surface area (Å²) < 4.78 is 16.3.